The maximum Gasteiger partial charge on any atom is 0.277 e. The molecule has 0 saturated carbocycles. The maximum atomic E-state index is 12.6. The highest BCUT2D eigenvalue weighted by Gasteiger charge is 2.12. The number of amides is 1. The van der Waals surface area contributed by atoms with Crippen molar-refractivity contribution in [3.8, 4) is 0 Å². The molecule has 1 aromatic carbocycles. The van der Waals surface area contributed by atoms with Crippen LogP contribution in [0.2, 0.25) is 5.02 Å². The zero-order valence-electron chi connectivity index (χ0n) is 19.3. The molecule has 2 N–H and O–H groups in total. The molecule has 0 spiro atoms. The number of pyridine rings is 1. The SMILES string of the molecule is NC(=O)Cn1cc(Cc2cccnc2)c(=O)nc1SCCCCCCCCc1ccc(Cl)cc1. The Hall–Kier alpha value is -2.64. The average Bonchev–Trinajstić information content (AvgIpc) is 2.82. The summed E-state index contributed by atoms with van der Waals surface area (Å²) >= 11 is 7.43. The van der Waals surface area contributed by atoms with Crippen LogP contribution in [0.25, 0.3) is 0 Å². The van der Waals surface area contributed by atoms with E-state index in [1.54, 1.807) is 23.2 Å². The molecular weight excluding hydrogens is 468 g/mol. The Morgan fingerprint density at radius 1 is 1.00 bits per heavy atom. The number of primary amides is 1. The molecule has 2 aromatic heterocycles. The number of hydrogen-bond donors (Lipinski definition) is 1. The fourth-order valence-corrected chi connectivity index (χ4v) is 4.80. The summed E-state index contributed by atoms with van der Waals surface area (Å²) in [7, 11) is 0. The van der Waals surface area contributed by atoms with Gasteiger partial charge in [-0.1, -0.05) is 67.2 Å². The van der Waals surface area contributed by atoms with Crippen molar-refractivity contribution in [2.75, 3.05) is 5.75 Å². The second kappa shape index (κ2) is 13.9. The van der Waals surface area contributed by atoms with Gasteiger partial charge in [0.1, 0.15) is 6.54 Å². The molecule has 0 saturated heterocycles. The van der Waals surface area contributed by atoms with Crippen molar-refractivity contribution in [1.82, 2.24) is 14.5 Å². The Labute approximate surface area is 210 Å². The lowest BCUT2D eigenvalue weighted by molar-refractivity contribution is -0.118. The summed E-state index contributed by atoms with van der Waals surface area (Å²) in [6.07, 6.45) is 13.6. The number of nitrogens with zero attached hydrogens (tertiary/aromatic N) is 3. The van der Waals surface area contributed by atoms with E-state index in [1.165, 1.54) is 43.0 Å². The number of aryl methyl sites for hydroxylation is 1. The number of halogens is 1. The molecule has 0 radical (unpaired) electrons. The van der Waals surface area contributed by atoms with Gasteiger partial charge in [-0.05, 0) is 48.6 Å². The van der Waals surface area contributed by atoms with Crippen LogP contribution in [0.4, 0.5) is 0 Å². The first-order valence-electron chi connectivity index (χ1n) is 11.7. The second-order valence-electron chi connectivity index (χ2n) is 8.33. The summed E-state index contributed by atoms with van der Waals surface area (Å²) in [5.41, 5.74) is 7.93. The van der Waals surface area contributed by atoms with Crippen molar-refractivity contribution in [3.05, 3.63) is 87.1 Å². The molecule has 0 bridgehead atoms. The Balaban J connectivity index is 1.41. The van der Waals surface area contributed by atoms with Crippen LogP contribution >= 0.6 is 23.4 Å². The summed E-state index contributed by atoms with van der Waals surface area (Å²) in [6.45, 7) is 0.00325. The molecule has 0 aliphatic rings. The quantitative estimate of drug-likeness (QED) is 0.191. The average molecular weight is 499 g/mol. The number of rotatable bonds is 14. The van der Waals surface area contributed by atoms with Gasteiger partial charge >= 0.3 is 0 Å². The number of thioether (sulfide) groups is 1. The third-order valence-electron chi connectivity index (χ3n) is 5.48. The van der Waals surface area contributed by atoms with E-state index in [9.17, 15) is 9.59 Å². The lowest BCUT2D eigenvalue weighted by Gasteiger charge is -2.12. The molecule has 0 atom stereocenters. The number of aromatic nitrogens is 3. The second-order valence-corrected chi connectivity index (χ2v) is 9.83. The first kappa shape index (κ1) is 26.0. The van der Waals surface area contributed by atoms with Crippen molar-refractivity contribution >= 4 is 29.3 Å². The minimum Gasteiger partial charge on any atom is -0.368 e. The highest BCUT2D eigenvalue weighted by Crippen LogP contribution is 2.19. The van der Waals surface area contributed by atoms with E-state index in [-0.39, 0.29) is 12.1 Å². The van der Waals surface area contributed by atoms with Crippen molar-refractivity contribution in [2.24, 2.45) is 5.73 Å². The van der Waals surface area contributed by atoms with Crippen LogP contribution in [0.1, 0.15) is 55.2 Å². The number of unbranched alkanes of at least 4 members (excludes halogenated alkanes) is 5. The lowest BCUT2D eigenvalue weighted by Crippen LogP contribution is -2.25. The van der Waals surface area contributed by atoms with Gasteiger partial charge in [0, 0.05) is 41.4 Å². The summed E-state index contributed by atoms with van der Waals surface area (Å²) in [6, 6.07) is 11.8. The molecule has 1 amide bonds. The van der Waals surface area contributed by atoms with Crippen molar-refractivity contribution in [2.45, 2.75) is 63.1 Å². The molecule has 0 fully saturated rings. The summed E-state index contributed by atoms with van der Waals surface area (Å²) in [4.78, 5) is 32.4. The molecule has 3 rings (SSSR count). The van der Waals surface area contributed by atoms with E-state index in [1.807, 2.05) is 24.3 Å². The standard InChI is InChI=1S/C26H31ClN4O2S/c27-23-12-10-20(11-13-23)8-5-3-1-2-4-6-15-34-26-30-25(33)22(18-31(26)19-24(28)32)16-21-9-7-14-29-17-21/h7,9-14,17-18H,1-6,8,15-16,19H2,(H2,28,32). The number of carbonyl (C=O) groups is 1. The van der Waals surface area contributed by atoms with Crippen molar-refractivity contribution in [3.63, 3.8) is 0 Å². The van der Waals surface area contributed by atoms with E-state index in [4.69, 9.17) is 17.3 Å². The van der Waals surface area contributed by atoms with Gasteiger partial charge in [-0.3, -0.25) is 14.6 Å². The highest BCUT2D eigenvalue weighted by molar-refractivity contribution is 7.99. The predicted octanol–water partition coefficient (Wildman–Crippen LogP) is 5.04. The molecule has 0 aliphatic carbocycles. The largest absolute Gasteiger partial charge is 0.368 e. The highest BCUT2D eigenvalue weighted by atomic mass is 35.5. The van der Waals surface area contributed by atoms with Gasteiger partial charge in [-0.15, -0.1) is 0 Å². The van der Waals surface area contributed by atoms with E-state index in [0.717, 1.165) is 35.6 Å². The van der Waals surface area contributed by atoms with Gasteiger partial charge in [-0.2, -0.15) is 4.98 Å². The van der Waals surface area contributed by atoms with E-state index >= 15 is 0 Å². The zero-order valence-corrected chi connectivity index (χ0v) is 20.9. The van der Waals surface area contributed by atoms with E-state index in [0.29, 0.717) is 17.1 Å². The molecule has 8 heteroatoms. The Morgan fingerprint density at radius 2 is 1.74 bits per heavy atom. The Kier molecular flexibility index (Phi) is 10.6. The van der Waals surface area contributed by atoms with Crippen LogP contribution in [0, 0.1) is 0 Å². The maximum absolute atomic E-state index is 12.6. The minimum atomic E-state index is -0.460. The van der Waals surface area contributed by atoms with Crippen LogP contribution < -0.4 is 11.3 Å². The van der Waals surface area contributed by atoms with Crippen LogP contribution in [0.5, 0.6) is 0 Å². The van der Waals surface area contributed by atoms with Gasteiger partial charge in [0.05, 0.1) is 0 Å². The molecule has 0 aliphatic heterocycles. The Morgan fingerprint density at radius 3 is 2.44 bits per heavy atom. The normalized spacial score (nSPS) is 11.0. The topological polar surface area (TPSA) is 90.9 Å². The third kappa shape index (κ3) is 8.95. The summed E-state index contributed by atoms with van der Waals surface area (Å²) < 4.78 is 1.69. The molecule has 3 aromatic rings. The fraction of sp³-hybridized carbons (Fsp3) is 0.385. The predicted molar refractivity (Wildman–Crippen MR) is 138 cm³/mol. The van der Waals surface area contributed by atoms with Gasteiger partial charge in [0.15, 0.2) is 5.16 Å². The monoisotopic (exact) mass is 498 g/mol. The van der Waals surface area contributed by atoms with Crippen LogP contribution in [-0.2, 0) is 24.2 Å². The summed E-state index contributed by atoms with van der Waals surface area (Å²) in [5, 5.41) is 1.32. The number of carbonyl (C=O) groups excluding carboxylic acids is 1. The lowest BCUT2D eigenvalue weighted by atomic mass is 10.1. The first-order valence-corrected chi connectivity index (χ1v) is 13.0. The van der Waals surface area contributed by atoms with Crippen molar-refractivity contribution < 1.29 is 4.79 Å². The number of hydrogen-bond acceptors (Lipinski definition) is 5. The van der Waals surface area contributed by atoms with Gasteiger partial charge in [-0.25, -0.2) is 0 Å². The molecule has 2 heterocycles. The van der Waals surface area contributed by atoms with Crippen LogP contribution in [0.15, 0.2) is 64.9 Å². The van der Waals surface area contributed by atoms with Gasteiger partial charge in [0.2, 0.25) is 5.91 Å². The first-order chi connectivity index (χ1) is 16.5. The molecule has 0 unspecified atom stereocenters. The minimum absolute atomic E-state index is 0.00325. The molecule has 6 nitrogen and oxygen atoms in total. The third-order valence-corrected chi connectivity index (χ3v) is 6.81. The van der Waals surface area contributed by atoms with E-state index in [2.05, 4.69) is 22.1 Å². The smallest absolute Gasteiger partial charge is 0.277 e. The van der Waals surface area contributed by atoms with Crippen molar-refractivity contribution in [1.29, 1.82) is 0 Å². The van der Waals surface area contributed by atoms with Crippen LogP contribution in [-0.4, -0.2) is 26.2 Å². The zero-order chi connectivity index (χ0) is 24.2. The fourth-order valence-electron chi connectivity index (χ4n) is 3.71. The Bertz CT molecular complexity index is 1100. The number of benzene rings is 1. The van der Waals surface area contributed by atoms with Crippen LogP contribution in [0.3, 0.4) is 0 Å². The molecular formula is C26H31ClN4O2S. The van der Waals surface area contributed by atoms with Gasteiger partial charge in [0.25, 0.3) is 5.56 Å². The molecule has 34 heavy (non-hydrogen) atoms. The van der Waals surface area contributed by atoms with Gasteiger partial charge < -0.3 is 10.3 Å². The summed E-state index contributed by atoms with van der Waals surface area (Å²) in [5.74, 6) is 0.385. The van der Waals surface area contributed by atoms with E-state index < -0.39 is 5.91 Å². The number of nitrogens with two attached hydrogens (primary N) is 1. The molecule has 180 valence electrons.